The standard InChI is InChI=1S/C12H25NO2.C2H6/c1-7-9-12(6,8-2)13-10(14)15-11(3,4)5;1-2/h7-9H2,1-6H3,(H,13,14);1-2H3. The van der Waals surface area contributed by atoms with Crippen LogP contribution in [-0.2, 0) is 4.74 Å². The van der Waals surface area contributed by atoms with E-state index in [1.807, 2.05) is 34.6 Å². The fraction of sp³-hybridized carbons (Fsp3) is 0.929. The molecular weight excluding hydrogens is 214 g/mol. The van der Waals surface area contributed by atoms with Crippen LogP contribution >= 0.6 is 0 Å². The summed E-state index contributed by atoms with van der Waals surface area (Å²) in [5.41, 5.74) is -0.567. The van der Waals surface area contributed by atoms with E-state index in [0.717, 1.165) is 19.3 Å². The van der Waals surface area contributed by atoms with Crippen LogP contribution in [0, 0.1) is 0 Å². The van der Waals surface area contributed by atoms with E-state index < -0.39 is 5.60 Å². The SMILES string of the molecule is CC.CCCC(C)(CC)NC(=O)OC(C)(C)C. The van der Waals surface area contributed by atoms with Gasteiger partial charge in [0.1, 0.15) is 5.60 Å². The van der Waals surface area contributed by atoms with Gasteiger partial charge in [0, 0.05) is 5.54 Å². The van der Waals surface area contributed by atoms with Crippen molar-refractivity contribution in [3.63, 3.8) is 0 Å². The Morgan fingerprint density at radius 2 is 1.59 bits per heavy atom. The maximum atomic E-state index is 11.6. The van der Waals surface area contributed by atoms with Crippen LogP contribution in [0.5, 0.6) is 0 Å². The number of hydrogen-bond donors (Lipinski definition) is 1. The van der Waals surface area contributed by atoms with E-state index >= 15 is 0 Å². The van der Waals surface area contributed by atoms with Gasteiger partial charge >= 0.3 is 6.09 Å². The number of carbonyl (C=O) groups is 1. The number of alkyl carbamates (subject to hydrolysis) is 1. The predicted molar refractivity (Wildman–Crippen MR) is 74.3 cm³/mol. The van der Waals surface area contributed by atoms with Crippen molar-refractivity contribution in [3.05, 3.63) is 0 Å². The third kappa shape index (κ3) is 10.2. The van der Waals surface area contributed by atoms with Crippen LogP contribution in [0.4, 0.5) is 4.79 Å². The minimum atomic E-state index is -0.426. The first-order chi connectivity index (χ1) is 7.72. The topological polar surface area (TPSA) is 38.3 Å². The van der Waals surface area contributed by atoms with Crippen molar-refractivity contribution in [1.29, 1.82) is 0 Å². The Morgan fingerprint density at radius 3 is 1.88 bits per heavy atom. The molecule has 1 unspecified atom stereocenters. The molecule has 0 heterocycles. The van der Waals surface area contributed by atoms with Gasteiger partial charge in [-0.1, -0.05) is 34.1 Å². The molecule has 1 N–H and O–H groups in total. The van der Waals surface area contributed by atoms with Crippen LogP contribution in [-0.4, -0.2) is 17.2 Å². The van der Waals surface area contributed by atoms with Gasteiger partial charge in [0.2, 0.25) is 0 Å². The average molecular weight is 245 g/mol. The molecule has 0 aromatic carbocycles. The molecule has 3 heteroatoms. The lowest BCUT2D eigenvalue weighted by molar-refractivity contribution is 0.0455. The summed E-state index contributed by atoms with van der Waals surface area (Å²) in [5.74, 6) is 0. The molecule has 0 saturated carbocycles. The molecule has 0 aromatic rings. The van der Waals surface area contributed by atoms with Gasteiger partial charge in [0.05, 0.1) is 0 Å². The summed E-state index contributed by atoms with van der Waals surface area (Å²) in [6.45, 7) is 15.9. The second-order valence-electron chi connectivity index (χ2n) is 5.29. The Bertz CT molecular complexity index is 209. The summed E-state index contributed by atoms with van der Waals surface area (Å²) in [4.78, 5) is 11.6. The summed E-state index contributed by atoms with van der Waals surface area (Å²) < 4.78 is 5.23. The van der Waals surface area contributed by atoms with Gasteiger partial charge in [-0.3, -0.25) is 0 Å². The molecule has 0 spiro atoms. The van der Waals surface area contributed by atoms with E-state index in [1.54, 1.807) is 0 Å². The third-order valence-electron chi connectivity index (χ3n) is 2.38. The summed E-state index contributed by atoms with van der Waals surface area (Å²) in [6, 6.07) is 0. The lowest BCUT2D eigenvalue weighted by Crippen LogP contribution is -2.47. The quantitative estimate of drug-likeness (QED) is 0.791. The summed E-state index contributed by atoms with van der Waals surface area (Å²) in [5, 5.41) is 2.94. The maximum absolute atomic E-state index is 11.6. The maximum Gasteiger partial charge on any atom is 0.408 e. The van der Waals surface area contributed by atoms with Gasteiger partial charge in [-0.15, -0.1) is 0 Å². The molecule has 0 saturated heterocycles. The Morgan fingerprint density at radius 1 is 1.12 bits per heavy atom. The molecule has 3 nitrogen and oxygen atoms in total. The van der Waals surface area contributed by atoms with Gasteiger partial charge in [0.15, 0.2) is 0 Å². The van der Waals surface area contributed by atoms with Gasteiger partial charge < -0.3 is 10.1 Å². The highest BCUT2D eigenvalue weighted by Crippen LogP contribution is 2.17. The monoisotopic (exact) mass is 245 g/mol. The Kier molecular flexibility index (Phi) is 9.18. The highest BCUT2D eigenvalue weighted by molar-refractivity contribution is 5.68. The largest absolute Gasteiger partial charge is 0.444 e. The minimum absolute atomic E-state index is 0.142. The summed E-state index contributed by atoms with van der Waals surface area (Å²) >= 11 is 0. The fourth-order valence-corrected chi connectivity index (χ4v) is 1.43. The van der Waals surface area contributed by atoms with Gasteiger partial charge in [-0.2, -0.15) is 0 Å². The molecular formula is C14H31NO2. The molecule has 0 fully saturated rings. The molecule has 0 bridgehead atoms. The Hall–Kier alpha value is -0.730. The highest BCUT2D eigenvalue weighted by Gasteiger charge is 2.26. The molecule has 0 aliphatic heterocycles. The first-order valence-corrected chi connectivity index (χ1v) is 6.73. The number of rotatable bonds is 4. The molecule has 0 radical (unpaired) electrons. The van der Waals surface area contributed by atoms with E-state index in [4.69, 9.17) is 4.74 Å². The molecule has 1 amide bonds. The Labute approximate surface area is 107 Å². The van der Waals surface area contributed by atoms with Crippen LogP contribution in [0.15, 0.2) is 0 Å². The second-order valence-corrected chi connectivity index (χ2v) is 5.29. The number of ether oxygens (including phenoxy) is 1. The van der Waals surface area contributed by atoms with E-state index in [1.165, 1.54) is 0 Å². The van der Waals surface area contributed by atoms with Crippen molar-refractivity contribution in [2.24, 2.45) is 0 Å². The molecule has 0 aliphatic rings. The average Bonchev–Trinajstić information content (AvgIpc) is 2.18. The molecule has 0 aromatic heterocycles. The lowest BCUT2D eigenvalue weighted by atomic mass is 9.93. The van der Waals surface area contributed by atoms with Crippen molar-refractivity contribution >= 4 is 6.09 Å². The van der Waals surface area contributed by atoms with Crippen LogP contribution < -0.4 is 5.32 Å². The van der Waals surface area contributed by atoms with Crippen LogP contribution in [0.25, 0.3) is 0 Å². The number of hydrogen-bond acceptors (Lipinski definition) is 2. The number of carbonyl (C=O) groups excluding carboxylic acids is 1. The van der Waals surface area contributed by atoms with Gasteiger partial charge in [0.25, 0.3) is 0 Å². The van der Waals surface area contributed by atoms with Crippen LogP contribution in [0.2, 0.25) is 0 Å². The molecule has 17 heavy (non-hydrogen) atoms. The minimum Gasteiger partial charge on any atom is -0.444 e. The van der Waals surface area contributed by atoms with E-state index in [2.05, 4.69) is 26.1 Å². The van der Waals surface area contributed by atoms with Crippen molar-refractivity contribution in [2.75, 3.05) is 0 Å². The van der Waals surface area contributed by atoms with Gasteiger partial charge in [-0.25, -0.2) is 4.79 Å². The first kappa shape index (κ1) is 18.6. The van der Waals surface area contributed by atoms with E-state index in [9.17, 15) is 4.79 Å². The van der Waals surface area contributed by atoms with Crippen molar-refractivity contribution in [1.82, 2.24) is 5.32 Å². The zero-order valence-corrected chi connectivity index (χ0v) is 12.9. The Balaban J connectivity index is 0. The van der Waals surface area contributed by atoms with Crippen molar-refractivity contribution in [2.45, 2.75) is 85.8 Å². The van der Waals surface area contributed by atoms with E-state index in [0.29, 0.717) is 0 Å². The lowest BCUT2D eigenvalue weighted by Gasteiger charge is -2.30. The summed E-state index contributed by atoms with van der Waals surface area (Å²) in [7, 11) is 0. The summed E-state index contributed by atoms with van der Waals surface area (Å²) in [6.07, 6.45) is 2.63. The molecule has 0 aliphatic carbocycles. The number of amides is 1. The highest BCUT2D eigenvalue weighted by atomic mass is 16.6. The zero-order chi connectivity index (χ0) is 14.1. The normalized spacial score (nSPS) is 14.1. The van der Waals surface area contributed by atoms with Gasteiger partial charge in [-0.05, 0) is 40.5 Å². The number of nitrogens with one attached hydrogen (secondary N) is 1. The van der Waals surface area contributed by atoms with Crippen LogP contribution in [0.1, 0.15) is 74.7 Å². The molecule has 104 valence electrons. The van der Waals surface area contributed by atoms with Crippen molar-refractivity contribution in [3.8, 4) is 0 Å². The van der Waals surface area contributed by atoms with Crippen molar-refractivity contribution < 1.29 is 9.53 Å². The smallest absolute Gasteiger partial charge is 0.408 e. The first-order valence-electron chi connectivity index (χ1n) is 6.73. The molecule has 0 rings (SSSR count). The molecule has 1 atom stereocenters. The fourth-order valence-electron chi connectivity index (χ4n) is 1.43. The van der Waals surface area contributed by atoms with Crippen LogP contribution in [0.3, 0.4) is 0 Å². The third-order valence-corrected chi connectivity index (χ3v) is 2.38. The zero-order valence-electron chi connectivity index (χ0n) is 12.9. The second kappa shape index (κ2) is 8.37. The predicted octanol–water partition coefficient (Wildman–Crippen LogP) is 4.51. The van der Waals surface area contributed by atoms with E-state index in [-0.39, 0.29) is 11.6 Å².